The van der Waals surface area contributed by atoms with Crippen molar-refractivity contribution in [2.45, 2.75) is 217 Å². The van der Waals surface area contributed by atoms with Gasteiger partial charge in [-0.3, -0.25) is 33.8 Å². The van der Waals surface area contributed by atoms with E-state index in [4.69, 9.17) is 63.2 Å². The SMILES string of the molecule is CC[C@H]1C[C@H](C)[C@@]2(NC1=O)O[C@@H](C[C@H](OC(=O)C(Cl)(Cl)Cl)[C@@H](C)CC/C=C/C=C(\C)[C@@H]1C/C=C/C=C/[C@@H]3O[C@@]4(C)CC[C@@H](C(=O)N[C@@H](C(C)C)C(=O)N[C@@H](Cc5cccc(OC(C)=O)c5)C(=O)N5CCC[C@H](N5)C(=O)O1)[C@H](O4)[C@H]3C)[C@H](C)[C@H](O)[C@@H]2C. The third kappa shape index (κ3) is 16.9. The van der Waals surface area contributed by atoms with Gasteiger partial charge < -0.3 is 49.5 Å². The molecule has 0 aliphatic carbocycles. The molecule has 5 fully saturated rings. The van der Waals surface area contributed by atoms with Gasteiger partial charge >= 0.3 is 17.9 Å². The first-order chi connectivity index (χ1) is 40.5. The number of alkyl halides is 3. The van der Waals surface area contributed by atoms with E-state index in [0.29, 0.717) is 62.5 Å². The van der Waals surface area contributed by atoms with Gasteiger partial charge in [-0.2, -0.15) is 0 Å². The van der Waals surface area contributed by atoms with Gasteiger partial charge in [0.1, 0.15) is 41.8 Å². The maximum absolute atomic E-state index is 14.8. The molecule has 1 spiro atoms. The van der Waals surface area contributed by atoms with Crippen LogP contribution in [0.5, 0.6) is 5.75 Å². The minimum absolute atomic E-state index is 0.0224. The number of ether oxygens (including phenoxy) is 6. The van der Waals surface area contributed by atoms with E-state index in [9.17, 15) is 38.7 Å². The van der Waals surface area contributed by atoms with Crippen LogP contribution in [0.15, 0.2) is 72.4 Å². The van der Waals surface area contributed by atoms with Crippen molar-refractivity contribution in [1.29, 1.82) is 0 Å². The molecule has 1 aromatic carbocycles. The van der Waals surface area contributed by atoms with Gasteiger partial charge in [0.05, 0.1) is 30.3 Å². The van der Waals surface area contributed by atoms with Crippen LogP contribution in [0, 0.1) is 47.3 Å². The van der Waals surface area contributed by atoms with Crippen LogP contribution in [0.25, 0.3) is 0 Å². The summed E-state index contributed by atoms with van der Waals surface area (Å²) in [7, 11) is 0. The fourth-order valence-electron chi connectivity index (χ4n) is 13.0. The van der Waals surface area contributed by atoms with Crippen LogP contribution in [0.1, 0.15) is 146 Å². The molecule has 476 valence electrons. The molecule has 0 radical (unpaired) electrons. The average Bonchev–Trinajstić information content (AvgIpc) is 0.797. The lowest BCUT2D eigenvalue weighted by molar-refractivity contribution is -0.344. The van der Waals surface area contributed by atoms with E-state index in [0.717, 1.165) is 0 Å². The minimum Gasteiger partial charge on any atom is -0.459 e. The number of aliphatic hydroxyl groups is 1. The Balaban J connectivity index is 1.12. The normalized spacial score (nSPS) is 35.7. The molecule has 0 aromatic heterocycles. The summed E-state index contributed by atoms with van der Waals surface area (Å²) in [6.45, 7) is 20.5. The number of fused-ring (bicyclic) bond motifs is 4. The fraction of sp³-hybridized carbons (Fsp3) is 0.672. The first-order valence-corrected chi connectivity index (χ1v) is 31.8. The number of carbonyl (C=O) groups excluding carboxylic acids is 7. The van der Waals surface area contributed by atoms with Crippen molar-refractivity contribution in [3.8, 4) is 5.75 Å². The minimum atomic E-state index is -2.35. The number of allylic oxidation sites excluding steroid dienone is 5. The number of hydrazine groups is 1. The van der Waals surface area contributed by atoms with Crippen LogP contribution in [0.4, 0.5) is 0 Å². The summed E-state index contributed by atoms with van der Waals surface area (Å²) < 4.78 is 35.1. The molecule has 5 N–H and O–H groups in total. The summed E-state index contributed by atoms with van der Waals surface area (Å²) in [6, 6.07) is 3.49. The number of hydrogen-bond acceptors (Lipinski definition) is 15. The molecule has 19 nitrogen and oxygen atoms in total. The summed E-state index contributed by atoms with van der Waals surface area (Å²) in [5.41, 5.74) is 3.26. The Morgan fingerprint density at radius 3 is 2.40 bits per heavy atom. The summed E-state index contributed by atoms with van der Waals surface area (Å²) in [5, 5.41) is 22.1. The zero-order valence-electron chi connectivity index (χ0n) is 51.5. The molecule has 18 atom stereocenters. The Labute approximate surface area is 521 Å². The van der Waals surface area contributed by atoms with Crippen molar-refractivity contribution in [1.82, 2.24) is 26.4 Å². The van der Waals surface area contributed by atoms with E-state index in [2.05, 4.69) is 21.4 Å². The second kappa shape index (κ2) is 29.6. The van der Waals surface area contributed by atoms with E-state index in [1.54, 1.807) is 24.3 Å². The Morgan fingerprint density at radius 1 is 0.953 bits per heavy atom. The van der Waals surface area contributed by atoms with Gasteiger partial charge in [-0.1, -0.05) is 145 Å². The number of cyclic esters (lactones) is 1. The Morgan fingerprint density at radius 2 is 1.70 bits per heavy atom. The number of hydrogen-bond donors (Lipinski definition) is 5. The average molecular weight is 1260 g/mol. The first-order valence-electron chi connectivity index (χ1n) is 30.7. The van der Waals surface area contributed by atoms with E-state index in [1.165, 1.54) is 11.9 Å². The zero-order chi connectivity index (χ0) is 63.0. The number of rotatable bonds is 14. The number of esters is 3. The predicted octanol–water partition coefficient (Wildman–Crippen LogP) is 8.75. The van der Waals surface area contributed by atoms with Gasteiger partial charge in [-0.05, 0) is 93.9 Å². The number of nitrogens with zero attached hydrogens (tertiary/aromatic N) is 1. The second-order valence-electron chi connectivity index (χ2n) is 25.2. The molecule has 0 unspecified atom stereocenters. The monoisotopic (exact) mass is 1260 g/mol. The van der Waals surface area contributed by atoms with Gasteiger partial charge in [0.2, 0.25) is 17.7 Å². The molecule has 86 heavy (non-hydrogen) atoms. The topological polar surface area (TPSA) is 246 Å². The lowest BCUT2D eigenvalue weighted by atomic mass is 9.69. The molecule has 6 heterocycles. The van der Waals surface area contributed by atoms with Crippen LogP contribution < -0.4 is 26.1 Å². The van der Waals surface area contributed by atoms with E-state index in [-0.39, 0.29) is 73.0 Å². The van der Waals surface area contributed by atoms with Crippen molar-refractivity contribution < 1.29 is 67.1 Å². The number of nitrogens with one attached hydrogen (secondary N) is 4. The Kier molecular flexibility index (Phi) is 23.6. The highest BCUT2D eigenvalue weighted by Gasteiger charge is 2.58. The van der Waals surface area contributed by atoms with E-state index < -0.39 is 118 Å². The molecule has 6 aliphatic heterocycles. The molecule has 5 saturated heterocycles. The largest absolute Gasteiger partial charge is 0.459 e. The van der Waals surface area contributed by atoms with Crippen LogP contribution >= 0.6 is 34.8 Å². The van der Waals surface area contributed by atoms with Crippen LogP contribution in [0.2, 0.25) is 0 Å². The van der Waals surface area contributed by atoms with Crippen molar-refractivity contribution in [3.63, 3.8) is 0 Å². The number of aliphatic hydroxyl groups excluding tert-OH is 1. The smallest absolute Gasteiger partial charge is 0.358 e. The highest BCUT2D eigenvalue weighted by Crippen LogP contribution is 2.47. The van der Waals surface area contributed by atoms with Gasteiger partial charge in [0.25, 0.3) is 9.70 Å². The summed E-state index contributed by atoms with van der Waals surface area (Å²) in [5.74, 6) is -7.09. The number of benzene rings is 1. The predicted molar refractivity (Wildman–Crippen MR) is 325 cm³/mol. The summed E-state index contributed by atoms with van der Waals surface area (Å²) >= 11 is 18.1. The summed E-state index contributed by atoms with van der Waals surface area (Å²) in [4.78, 5) is 96.4. The first kappa shape index (κ1) is 68.6. The van der Waals surface area contributed by atoms with Crippen molar-refractivity contribution in [3.05, 3.63) is 77.9 Å². The van der Waals surface area contributed by atoms with Crippen LogP contribution in [0.3, 0.4) is 0 Å². The third-order valence-electron chi connectivity index (χ3n) is 18.4. The number of amides is 4. The Hall–Kier alpha value is -4.86. The highest BCUT2D eigenvalue weighted by molar-refractivity contribution is 6.75. The van der Waals surface area contributed by atoms with Gasteiger partial charge in [-0.15, -0.1) is 0 Å². The number of piperidine rings is 1. The maximum Gasteiger partial charge on any atom is 0.358 e. The lowest BCUT2D eigenvalue weighted by Crippen LogP contribution is -2.71. The fourth-order valence-corrected chi connectivity index (χ4v) is 13.1. The third-order valence-corrected chi connectivity index (χ3v) is 18.9. The molecular weight excluding hydrogens is 1170 g/mol. The van der Waals surface area contributed by atoms with E-state index >= 15 is 0 Å². The molecule has 6 aliphatic rings. The molecule has 4 amide bonds. The molecule has 1 aromatic rings. The summed E-state index contributed by atoms with van der Waals surface area (Å²) in [6.07, 6.45) is 13.6. The molecule has 7 rings (SSSR count). The highest BCUT2D eigenvalue weighted by atomic mass is 35.6. The quantitative estimate of drug-likeness (QED) is 0.0506. The van der Waals surface area contributed by atoms with Crippen LogP contribution in [-0.4, -0.2) is 128 Å². The maximum atomic E-state index is 14.8. The van der Waals surface area contributed by atoms with E-state index in [1.807, 2.05) is 112 Å². The van der Waals surface area contributed by atoms with Gasteiger partial charge in [0.15, 0.2) is 5.79 Å². The van der Waals surface area contributed by atoms with Crippen molar-refractivity contribution in [2.75, 3.05) is 6.54 Å². The standard InChI is InChI=1S/C64H90Cl3N5O14/c1-12-44-31-38(6)63(70-56(44)75)41(9)54(74)39(7)52(85-63)34-51(83-61(80)64(65,66)67)37(5)22-16-13-15-21-36(4)49-26-17-14-18-27-50-40(8)55-46(28-29-62(11,84-50)86-55)57(76)69-53(35(2)3)58(77)68-48(33-43-23-19-24-45(32-43)81-42(10)73)59(78)72-30-20-25-47(71-72)60(79)82-49/h13-15,17-19,21,23-24,27,32,35,37-41,44,46-55,71,74H,12,16,20,22,25-26,28-31,33-34H2,1-11H3,(H,68,77)(H,69,76)(H,70,75)/b15-13+,17-14+,27-18+,36-21+/t37-,38-,39-,40-,41-,44-,46+,47-,48-,49-,50-,51-,52-,53-,54-,55+,62+,63+/m0/s1. The molecule has 22 heteroatoms. The number of halogens is 3. The second-order valence-corrected chi connectivity index (χ2v) is 27.5. The Bertz CT molecular complexity index is 2740. The molecule has 0 saturated carbocycles. The van der Waals surface area contributed by atoms with Gasteiger partial charge in [0, 0.05) is 68.7 Å². The van der Waals surface area contributed by atoms with Crippen molar-refractivity contribution >= 4 is 76.3 Å². The zero-order valence-corrected chi connectivity index (χ0v) is 53.8. The van der Waals surface area contributed by atoms with Crippen molar-refractivity contribution in [2.24, 2.45) is 47.3 Å². The molecular formula is C64H90Cl3N5O14. The number of carbonyl (C=O) groups is 7. The van der Waals surface area contributed by atoms with Gasteiger partial charge in [-0.25, -0.2) is 10.2 Å². The lowest BCUT2D eigenvalue weighted by Gasteiger charge is -2.56. The molecule has 5 bridgehead atoms. The van der Waals surface area contributed by atoms with Crippen LogP contribution in [-0.2, 0) is 63.7 Å².